The van der Waals surface area contributed by atoms with Gasteiger partial charge in [-0.05, 0) is 54.5 Å². The minimum atomic E-state index is -3.84. The molecular formula is C25H21ClN5O4P. The highest BCUT2D eigenvalue weighted by Crippen LogP contribution is 2.47. The summed E-state index contributed by atoms with van der Waals surface area (Å²) >= 11 is 6.26. The van der Waals surface area contributed by atoms with Gasteiger partial charge >= 0.3 is 0 Å². The van der Waals surface area contributed by atoms with Gasteiger partial charge < -0.3 is 20.0 Å². The number of hydrogen-bond donors (Lipinski definition) is 2. The van der Waals surface area contributed by atoms with E-state index in [9.17, 15) is 14.6 Å². The van der Waals surface area contributed by atoms with Crippen LogP contribution in [0.1, 0.15) is 27.2 Å². The summed E-state index contributed by atoms with van der Waals surface area (Å²) in [4.78, 5) is 20.2. The summed E-state index contributed by atoms with van der Waals surface area (Å²) in [6.07, 6.45) is 6.78. The van der Waals surface area contributed by atoms with Crippen molar-refractivity contribution in [3.05, 3.63) is 93.8 Å². The van der Waals surface area contributed by atoms with Gasteiger partial charge in [0.25, 0.3) is 19.6 Å². The van der Waals surface area contributed by atoms with Crippen LogP contribution >= 0.6 is 19.0 Å². The van der Waals surface area contributed by atoms with Crippen molar-refractivity contribution in [1.29, 1.82) is 5.26 Å². The monoisotopic (exact) mass is 521 g/mol. The number of carbonyl (C=O) groups excluding carboxylic acids is 1. The Morgan fingerprint density at radius 1 is 1.36 bits per heavy atom. The molecular weight excluding hydrogens is 501 g/mol. The fourth-order valence-electron chi connectivity index (χ4n) is 3.92. The molecule has 1 amide bonds. The van der Waals surface area contributed by atoms with Crippen molar-refractivity contribution >= 4 is 52.5 Å². The second kappa shape index (κ2) is 10.3. The van der Waals surface area contributed by atoms with E-state index in [-0.39, 0.29) is 17.5 Å². The van der Waals surface area contributed by atoms with Crippen molar-refractivity contribution < 1.29 is 18.6 Å². The summed E-state index contributed by atoms with van der Waals surface area (Å²) in [5.74, 6) is -0.548. The summed E-state index contributed by atoms with van der Waals surface area (Å²) in [5.41, 5.74) is 2.55. The quantitative estimate of drug-likeness (QED) is 0.165. The van der Waals surface area contributed by atoms with Crippen LogP contribution in [0.25, 0.3) is 17.0 Å². The second-order valence-corrected chi connectivity index (χ2v) is 10.8. The zero-order chi connectivity index (χ0) is 25.9. The first-order valence-corrected chi connectivity index (χ1v) is 12.7. The maximum absolute atomic E-state index is 14.6. The number of H-pyrrole nitrogens is 1. The zero-order valence-corrected chi connectivity index (χ0v) is 21.0. The molecule has 0 bridgehead atoms. The number of nitriles is 1. The number of fused-ring (bicyclic) bond motifs is 1. The molecule has 4 rings (SSSR count). The number of rotatable bonds is 7. The first-order chi connectivity index (χ1) is 17.2. The number of amides is 1. The van der Waals surface area contributed by atoms with Gasteiger partial charge in [0, 0.05) is 34.4 Å². The molecule has 0 spiro atoms. The van der Waals surface area contributed by atoms with Crippen molar-refractivity contribution in [2.45, 2.75) is 13.5 Å². The smallest absolute Gasteiger partial charge is 0.289 e. The number of carbonyl (C=O) groups is 1. The van der Waals surface area contributed by atoms with Crippen LogP contribution in [0.15, 0.2) is 61.2 Å². The maximum Gasteiger partial charge on any atom is 0.289 e. The van der Waals surface area contributed by atoms with E-state index in [0.29, 0.717) is 37.1 Å². The molecule has 0 aliphatic carbocycles. The van der Waals surface area contributed by atoms with Gasteiger partial charge in [-0.15, -0.1) is 0 Å². The van der Waals surface area contributed by atoms with Crippen LogP contribution in [0.2, 0.25) is 5.02 Å². The minimum Gasteiger partial charge on any atom is -0.711 e. The Hall–Kier alpha value is -3.96. The Morgan fingerprint density at radius 3 is 2.89 bits per heavy atom. The molecule has 0 saturated heterocycles. The molecule has 36 heavy (non-hydrogen) atoms. The molecule has 9 nitrogen and oxygen atoms in total. The number of nitrogens with one attached hydrogen (secondary N) is 2. The van der Waals surface area contributed by atoms with Gasteiger partial charge in [0.15, 0.2) is 0 Å². The normalized spacial score (nSPS) is 12.9. The van der Waals surface area contributed by atoms with Gasteiger partial charge in [-0.3, -0.25) is 9.36 Å². The standard InChI is InChI=1S/C25H21ClN5O4P/c1-16-8-17(4-3-7-27)10-20(9-16)36(34,35-2)24-21-11-19(26)5-6-22(21)30-23(24)25(32)29-13-18-12-28-15-31(33)14-18/h3-6,8-12,14-15,30H,13H2,1-2H3,(H,29,32). The van der Waals surface area contributed by atoms with Crippen LogP contribution in [0, 0.1) is 23.5 Å². The van der Waals surface area contributed by atoms with E-state index < -0.39 is 13.3 Å². The predicted octanol–water partition coefficient (Wildman–Crippen LogP) is 3.50. The first kappa shape index (κ1) is 25.1. The van der Waals surface area contributed by atoms with Crippen molar-refractivity contribution in [2.75, 3.05) is 7.11 Å². The summed E-state index contributed by atoms with van der Waals surface area (Å²) < 4.78 is 20.8. The number of aromatic nitrogens is 3. The van der Waals surface area contributed by atoms with E-state index in [2.05, 4.69) is 15.3 Å². The summed E-state index contributed by atoms with van der Waals surface area (Å²) in [6, 6.07) is 12.1. The number of halogens is 1. The van der Waals surface area contributed by atoms with E-state index in [0.717, 1.165) is 11.9 Å². The lowest BCUT2D eigenvalue weighted by molar-refractivity contribution is -0.609. The molecule has 182 valence electrons. The molecule has 2 aromatic carbocycles. The summed E-state index contributed by atoms with van der Waals surface area (Å²) in [6.45, 7) is 1.86. The highest BCUT2D eigenvalue weighted by molar-refractivity contribution is 7.75. The van der Waals surface area contributed by atoms with Crippen molar-refractivity contribution in [3.8, 4) is 6.07 Å². The fourth-order valence-corrected chi connectivity index (χ4v) is 6.39. The van der Waals surface area contributed by atoms with Gasteiger partial charge in [0.1, 0.15) is 18.1 Å². The summed E-state index contributed by atoms with van der Waals surface area (Å²) in [5, 5.41) is 24.6. The molecule has 2 N–H and O–H groups in total. The number of benzene rings is 2. The van der Waals surface area contributed by atoms with Crippen molar-refractivity contribution in [3.63, 3.8) is 0 Å². The highest BCUT2D eigenvalue weighted by atomic mass is 35.5. The molecule has 4 aromatic rings. The van der Waals surface area contributed by atoms with Crippen LogP contribution in [-0.2, 0) is 15.6 Å². The van der Waals surface area contributed by atoms with Gasteiger partial charge in [-0.2, -0.15) is 5.26 Å². The lowest BCUT2D eigenvalue weighted by Crippen LogP contribution is -2.32. The van der Waals surface area contributed by atoms with Crippen LogP contribution < -0.4 is 20.7 Å². The molecule has 11 heteroatoms. The number of allylic oxidation sites excluding steroid dienone is 1. The molecule has 1 atom stereocenters. The van der Waals surface area contributed by atoms with E-state index in [4.69, 9.17) is 21.4 Å². The minimum absolute atomic E-state index is 0.0231. The third-order valence-electron chi connectivity index (χ3n) is 5.45. The highest BCUT2D eigenvalue weighted by Gasteiger charge is 2.36. The van der Waals surface area contributed by atoms with E-state index in [1.165, 1.54) is 25.6 Å². The lowest BCUT2D eigenvalue weighted by Gasteiger charge is -2.19. The third kappa shape index (κ3) is 5.02. The SMILES string of the molecule is COP(=O)(c1cc(C)cc(C=CC#N)c1)c1c(C(=O)NCc2cnc[n+]([O-])c2)[nH]c2ccc(Cl)cc12. The topological polar surface area (TPSA) is 135 Å². The van der Waals surface area contributed by atoms with Crippen molar-refractivity contribution in [2.24, 2.45) is 0 Å². The number of hydrogen-bond acceptors (Lipinski definition) is 6. The fraction of sp³-hybridized carbons (Fsp3) is 0.120. The maximum atomic E-state index is 14.6. The van der Waals surface area contributed by atoms with Gasteiger partial charge in [0.05, 0.1) is 23.5 Å². The van der Waals surface area contributed by atoms with E-state index in [1.807, 2.05) is 19.1 Å². The Labute approximate surface area is 212 Å². The van der Waals surface area contributed by atoms with Gasteiger partial charge in [-0.25, -0.2) is 4.73 Å². The molecule has 0 aliphatic rings. The molecule has 2 heterocycles. The predicted molar refractivity (Wildman–Crippen MR) is 137 cm³/mol. The van der Waals surface area contributed by atoms with Gasteiger partial charge in [0.2, 0.25) is 0 Å². The van der Waals surface area contributed by atoms with Crippen LogP contribution in [0.4, 0.5) is 0 Å². The second-order valence-electron chi connectivity index (χ2n) is 7.98. The van der Waals surface area contributed by atoms with Gasteiger partial charge in [-0.1, -0.05) is 22.7 Å². The Morgan fingerprint density at radius 2 is 2.17 bits per heavy atom. The van der Waals surface area contributed by atoms with Crippen LogP contribution in [0.3, 0.4) is 0 Å². The average molecular weight is 522 g/mol. The largest absolute Gasteiger partial charge is 0.711 e. The molecule has 2 aromatic heterocycles. The van der Waals surface area contributed by atoms with Crippen molar-refractivity contribution in [1.82, 2.24) is 15.3 Å². The number of aryl methyl sites for hydroxylation is 1. The number of nitrogens with zero attached hydrogens (tertiary/aromatic N) is 3. The Balaban J connectivity index is 1.86. The molecule has 0 radical (unpaired) electrons. The lowest BCUT2D eigenvalue weighted by atomic mass is 10.1. The zero-order valence-electron chi connectivity index (χ0n) is 19.4. The van der Waals surface area contributed by atoms with Crippen LogP contribution in [-0.4, -0.2) is 23.0 Å². The molecule has 0 saturated carbocycles. The van der Waals surface area contributed by atoms with E-state index in [1.54, 1.807) is 36.4 Å². The summed E-state index contributed by atoms with van der Waals surface area (Å²) in [7, 11) is -2.52. The third-order valence-corrected chi connectivity index (χ3v) is 8.19. The molecule has 0 fully saturated rings. The van der Waals surface area contributed by atoms with E-state index >= 15 is 0 Å². The average Bonchev–Trinajstić information content (AvgIpc) is 3.24. The van der Waals surface area contributed by atoms with Crippen LogP contribution in [0.5, 0.6) is 0 Å². The Kier molecular flexibility index (Phi) is 7.22. The number of aromatic amines is 1. The first-order valence-electron chi connectivity index (χ1n) is 10.7. The Bertz CT molecular complexity index is 1590. The molecule has 1 unspecified atom stereocenters. The molecule has 0 aliphatic heterocycles.